The Balaban J connectivity index is 1.96. The lowest BCUT2D eigenvalue weighted by molar-refractivity contribution is 0.323. The van der Waals surface area contributed by atoms with Crippen molar-refractivity contribution >= 4 is 38.2 Å². The molecule has 0 saturated carbocycles. The molecule has 3 rings (SSSR count). The first-order valence-corrected chi connectivity index (χ1v) is 9.56. The molecule has 1 aliphatic carbocycles. The molecule has 25 heavy (non-hydrogen) atoms. The van der Waals surface area contributed by atoms with Crippen molar-refractivity contribution in [3.8, 4) is 0 Å². The van der Waals surface area contributed by atoms with E-state index in [0.717, 1.165) is 40.3 Å². The summed E-state index contributed by atoms with van der Waals surface area (Å²) in [6.07, 6.45) is 6.09. The van der Waals surface area contributed by atoms with E-state index in [2.05, 4.69) is 51.3 Å². The molecule has 136 valence electrons. The second-order valence-electron chi connectivity index (χ2n) is 7.00. The number of allylic oxidation sites excluding steroid dienone is 1. The average molecular weight is 410 g/mol. The summed E-state index contributed by atoms with van der Waals surface area (Å²) < 4.78 is 15.8. The molecule has 0 fully saturated rings. The lowest BCUT2D eigenvalue weighted by atomic mass is 9.90. The molecule has 0 amide bonds. The lowest BCUT2D eigenvalue weighted by Crippen LogP contribution is -2.34. The molecule has 2 atom stereocenters. The highest BCUT2D eigenvalue weighted by Gasteiger charge is 2.22. The van der Waals surface area contributed by atoms with Gasteiger partial charge in [-0.2, -0.15) is 5.10 Å². The normalized spacial score (nSPS) is 19.4. The van der Waals surface area contributed by atoms with Crippen molar-refractivity contribution < 1.29 is 4.39 Å². The predicted molar refractivity (Wildman–Crippen MR) is 104 cm³/mol. The predicted octanol–water partition coefficient (Wildman–Crippen LogP) is 4.24. The number of nitrogens with two attached hydrogens (primary N) is 1. The average Bonchev–Trinajstić information content (AvgIpc) is 2.93. The van der Waals surface area contributed by atoms with E-state index in [4.69, 9.17) is 5.73 Å². The molecule has 0 aliphatic heterocycles. The molecule has 2 aromatic rings. The molecule has 1 aliphatic rings. The van der Waals surface area contributed by atoms with E-state index in [1.54, 1.807) is 6.92 Å². The number of nitrogens with zero attached hydrogens (tertiary/aromatic N) is 3. The zero-order valence-corrected chi connectivity index (χ0v) is 16.5. The van der Waals surface area contributed by atoms with Crippen molar-refractivity contribution in [3.63, 3.8) is 0 Å². The Morgan fingerprint density at radius 2 is 2.20 bits per heavy atom. The number of pyridine rings is 1. The lowest BCUT2D eigenvalue weighted by Gasteiger charge is -2.24. The van der Waals surface area contributed by atoms with E-state index in [9.17, 15) is 4.39 Å². The Hall–Kier alpha value is -1.47. The second-order valence-corrected chi connectivity index (χ2v) is 7.75. The quantitative estimate of drug-likeness (QED) is 0.774. The van der Waals surface area contributed by atoms with Gasteiger partial charge in [-0.05, 0) is 61.5 Å². The van der Waals surface area contributed by atoms with Crippen molar-refractivity contribution in [2.24, 2.45) is 0 Å². The summed E-state index contributed by atoms with van der Waals surface area (Å²) in [7, 11) is 0. The minimum absolute atomic E-state index is 0.221. The van der Waals surface area contributed by atoms with Crippen LogP contribution in [0, 0.1) is 0 Å². The number of rotatable bonds is 5. The summed E-state index contributed by atoms with van der Waals surface area (Å²) in [5, 5.41) is 8.77. The third-order valence-electron chi connectivity index (χ3n) is 4.65. The molecular weight excluding hydrogens is 385 g/mol. The van der Waals surface area contributed by atoms with E-state index in [1.807, 2.05) is 10.9 Å². The number of halogens is 2. The van der Waals surface area contributed by atoms with Gasteiger partial charge in [0.05, 0.1) is 10.9 Å². The fraction of sp³-hybridized carbons (Fsp3) is 0.556. The largest absolute Gasteiger partial charge is 0.383 e. The molecule has 0 aromatic carbocycles. The minimum Gasteiger partial charge on any atom is -0.383 e. The number of fused-ring (bicyclic) bond motifs is 1. The van der Waals surface area contributed by atoms with Gasteiger partial charge < -0.3 is 11.1 Å². The standard InChI is InChI=1S/C18H25BrFN5/c1-10(2)25-16-14(9-23-18(21)15(16)17(19)24-25)12-4-6-13(7-5-12)22-8-11(3)20/h4,9-11,13,22H,5-8H2,1-3H3,(H2,21,23). The summed E-state index contributed by atoms with van der Waals surface area (Å²) in [5.41, 5.74) is 9.48. The molecule has 0 bridgehead atoms. The van der Waals surface area contributed by atoms with Gasteiger partial charge in [0.15, 0.2) is 0 Å². The van der Waals surface area contributed by atoms with Gasteiger partial charge in [-0.15, -0.1) is 0 Å². The maximum atomic E-state index is 13.0. The third kappa shape index (κ3) is 3.72. The Morgan fingerprint density at radius 3 is 2.80 bits per heavy atom. The third-order valence-corrected chi connectivity index (χ3v) is 5.20. The number of aromatic nitrogens is 3. The maximum absolute atomic E-state index is 13.0. The van der Waals surface area contributed by atoms with Crippen molar-refractivity contribution in [2.45, 2.75) is 58.3 Å². The maximum Gasteiger partial charge on any atom is 0.139 e. The van der Waals surface area contributed by atoms with Crippen LogP contribution in [-0.2, 0) is 0 Å². The van der Waals surface area contributed by atoms with Crippen LogP contribution in [0.2, 0.25) is 0 Å². The fourth-order valence-corrected chi connectivity index (χ4v) is 3.92. The summed E-state index contributed by atoms with van der Waals surface area (Å²) in [6.45, 7) is 6.20. The minimum atomic E-state index is -0.816. The van der Waals surface area contributed by atoms with Crippen LogP contribution >= 0.6 is 15.9 Å². The molecule has 7 heteroatoms. The molecule has 0 radical (unpaired) electrons. The second kappa shape index (κ2) is 7.41. The SMILES string of the molecule is CC(F)CNC1CC=C(c2cnc(N)c3c(Br)nn(C(C)C)c23)CC1. The first kappa shape index (κ1) is 18.3. The van der Waals surface area contributed by atoms with Gasteiger partial charge >= 0.3 is 0 Å². The number of hydrogen-bond donors (Lipinski definition) is 2. The van der Waals surface area contributed by atoms with Crippen molar-refractivity contribution in [1.29, 1.82) is 0 Å². The number of nitrogens with one attached hydrogen (secondary N) is 1. The Labute approximate surface area is 156 Å². The smallest absolute Gasteiger partial charge is 0.139 e. The van der Waals surface area contributed by atoms with Gasteiger partial charge in [0, 0.05) is 30.4 Å². The van der Waals surface area contributed by atoms with Gasteiger partial charge in [0.25, 0.3) is 0 Å². The number of alkyl halides is 1. The highest BCUT2D eigenvalue weighted by atomic mass is 79.9. The summed E-state index contributed by atoms with van der Waals surface area (Å²) in [4.78, 5) is 4.38. The van der Waals surface area contributed by atoms with Crippen molar-refractivity contribution in [1.82, 2.24) is 20.1 Å². The van der Waals surface area contributed by atoms with E-state index >= 15 is 0 Å². The van der Waals surface area contributed by atoms with E-state index in [-0.39, 0.29) is 6.04 Å². The van der Waals surface area contributed by atoms with Gasteiger partial charge in [0.2, 0.25) is 0 Å². The highest BCUT2D eigenvalue weighted by Crippen LogP contribution is 2.37. The zero-order chi connectivity index (χ0) is 18.1. The monoisotopic (exact) mass is 409 g/mol. The zero-order valence-electron chi connectivity index (χ0n) is 14.9. The molecule has 5 nitrogen and oxygen atoms in total. The van der Waals surface area contributed by atoms with Crippen molar-refractivity contribution in [3.05, 3.63) is 22.4 Å². The summed E-state index contributed by atoms with van der Waals surface area (Å²) >= 11 is 3.52. The molecule has 3 N–H and O–H groups in total. The molecule has 0 spiro atoms. The van der Waals surface area contributed by atoms with E-state index < -0.39 is 6.17 Å². The van der Waals surface area contributed by atoms with Crippen LogP contribution in [0.1, 0.15) is 51.6 Å². The van der Waals surface area contributed by atoms with Gasteiger partial charge in [-0.3, -0.25) is 4.68 Å². The van der Waals surface area contributed by atoms with Crippen LogP contribution in [0.15, 0.2) is 16.9 Å². The summed E-state index contributed by atoms with van der Waals surface area (Å²) in [5.74, 6) is 0.491. The molecule has 2 heterocycles. The Kier molecular flexibility index (Phi) is 5.43. The summed E-state index contributed by atoms with van der Waals surface area (Å²) in [6, 6.07) is 0.555. The fourth-order valence-electron chi connectivity index (χ4n) is 3.35. The van der Waals surface area contributed by atoms with Gasteiger partial charge in [0.1, 0.15) is 16.6 Å². The van der Waals surface area contributed by atoms with Crippen LogP contribution in [0.5, 0.6) is 0 Å². The molecule has 2 unspecified atom stereocenters. The van der Waals surface area contributed by atoms with E-state index in [1.165, 1.54) is 5.57 Å². The topological polar surface area (TPSA) is 68.8 Å². The van der Waals surface area contributed by atoms with Crippen LogP contribution in [0.25, 0.3) is 16.5 Å². The van der Waals surface area contributed by atoms with Crippen LogP contribution in [0.3, 0.4) is 0 Å². The van der Waals surface area contributed by atoms with Crippen LogP contribution < -0.4 is 11.1 Å². The number of hydrogen-bond acceptors (Lipinski definition) is 4. The Morgan fingerprint density at radius 1 is 1.44 bits per heavy atom. The first-order chi connectivity index (χ1) is 11.9. The first-order valence-electron chi connectivity index (χ1n) is 8.77. The molecular formula is C18H25BrFN5. The molecule has 2 aromatic heterocycles. The van der Waals surface area contributed by atoms with Gasteiger partial charge in [-0.1, -0.05) is 6.08 Å². The van der Waals surface area contributed by atoms with Crippen LogP contribution in [-0.4, -0.2) is 33.5 Å². The molecule has 0 saturated heterocycles. The Bertz CT molecular complexity index is 796. The highest BCUT2D eigenvalue weighted by molar-refractivity contribution is 9.10. The van der Waals surface area contributed by atoms with Crippen molar-refractivity contribution in [2.75, 3.05) is 12.3 Å². The number of nitrogen functional groups attached to an aromatic ring is 1. The van der Waals surface area contributed by atoms with E-state index in [0.29, 0.717) is 18.4 Å². The van der Waals surface area contributed by atoms with Crippen LogP contribution in [0.4, 0.5) is 10.2 Å². The number of anilines is 1. The van der Waals surface area contributed by atoms with Gasteiger partial charge in [-0.25, -0.2) is 9.37 Å².